The number of hydrogen-bond acceptors (Lipinski definition) is 4. The fourth-order valence-electron chi connectivity index (χ4n) is 2.72. The molecule has 162 valence electrons. The summed E-state index contributed by atoms with van der Waals surface area (Å²) in [7, 11) is 0. The molecular formula is C22H35N3O3S. The van der Waals surface area contributed by atoms with E-state index in [1.54, 1.807) is 13.8 Å². The lowest BCUT2D eigenvalue weighted by atomic mass is 9.98. The van der Waals surface area contributed by atoms with E-state index in [0.717, 1.165) is 12.0 Å². The highest BCUT2D eigenvalue weighted by molar-refractivity contribution is 7.80. The standard InChI is InChI=1S/C22H35N3O3S/c1-7-16(6)19(13-23-21(29)17-11-9-15(5)10-12-17)24-20(26)18(8-2)25-22(27)28-14(3)4/h9-12,14,16,18-19H,7-8,13H2,1-6H3,(H,23,29)(H,24,26)(H,25,27)/t16-,18-,19+/m0/s1. The summed E-state index contributed by atoms with van der Waals surface area (Å²) in [4.78, 5) is 25.2. The van der Waals surface area contributed by atoms with Gasteiger partial charge >= 0.3 is 6.09 Å². The third-order valence-corrected chi connectivity index (χ3v) is 5.19. The monoisotopic (exact) mass is 421 g/mol. The van der Waals surface area contributed by atoms with E-state index in [-0.39, 0.29) is 24.0 Å². The maximum absolute atomic E-state index is 12.7. The largest absolute Gasteiger partial charge is 0.447 e. The molecule has 0 aliphatic carbocycles. The van der Waals surface area contributed by atoms with Crippen LogP contribution in [0.3, 0.4) is 0 Å². The van der Waals surface area contributed by atoms with Gasteiger partial charge in [0.15, 0.2) is 0 Å². The van der Waals surface area contributed by atoms with Gasteiger partial charge in [-0.3, -0.25) is 4.79 Å². The molecule has 6 nitrogen and oxygen atoms in total. The molecule has 0 aromatic heterocycles. The summed E-state index contributed by atoms with van der Waals surface area (Å²) in [5.74, 6) is 0.0222. The number of hydrogen-bond donors (Lipinski definition) is 3. The lowest BCUT2D eigenvalue weighted by Gasteiger charge is -2.27. The Bertz CT molecular complexity index is 676. The van der Waals surface area contributed by atoms with Gasteiger partial charge < -0.3 is 20.7 Å². The molecule has 1 aromatic carbocycles. The fourth-order valence-corrected chi connectivity index (χ4v) is 2.93. The SMILES string of the molecule is CC[C@H](NC(=O)OC(C)C)C(=O)N[C@H](CNC(=S)c1ccc(C)cc1)[C@@H](C)CC. The molecule has 0 heterocycles. The molecule has 7 heteroatoms. The Kier molecular flexibility index (Phi) is 10.7. The van der Waals surface area contributed by atoms with E-state index in [1.165, 1.54) is 5.56 Å². The van der Waals surface area contributed by atoms with Crippen LogP contribution in [0, 0.1) is 12.8 Å². The topological polar surface area (TPSA) is 79.5 Å². The van der Waals surface area contributed by atoms with Gasteiger partial charge in [-0.2, -0.15) is 0 Å². The third-order valence-electron chi connectivity index (χ3n) is 4.81. The second-order valence-electron chi connectivity index (χ2n) is 7.64. The predicted octanol–water partition coefficient (Wildman–Crippen LogP) is 3.70. The minimum absolute atomic E-state index is 0.118. The Morgan fingerprint density at radius 3 is 2.17 bits per heavy atom. The number of nitrogens with one attached hydrogen (secondary N) is 3. The van der Waals surface area contributed by atoms with Crippen molar-refractivity contribution in [2.45, 2.75) is 72.6 Å². The van der Waals surface area contributed by atoms with Crippen LogP contribution in [-0.4, -0.2) is 41.7 Å². The number of rotatable bonds is 10. The van der Waals surface area contributed by atoms with Crippen molar-refractivity contribution in [3.05, 3.63) is 35.4 Å². The van der Waals surface area contributed by atoms with Gasteiger partial charge in [0.05, 0.1) is 6.10 Å². The van der Waals surface area contributed by atoms with E-state index in [1.807, 2.05) is 38.1 Å². The molecule has 1 aromatic rings. The Hall–Kier alpha value is -2.15. The van der Waals surface area contributed by atoms with Gasteiger partial charge in [0.25, 0.3) is 0 Å². The molecule has 0 aliphatic heterocycles. The highest BCUT2D eigenvalue weighted by Crippen LogP contribution is 2.09. The van der Waals surface area contributed by atoms with Gasteiger partial charge in [0.2, 0.25) is 5.91 Å². The minimum Gasteiger partial charge on any atom is -0.447 e. The van der Waals surface area contributed by atoms with Crippen LogP contribution in [0.1, 0.15) is 58.6 Å². The first-order valence-corrected chi connectivity index (χ1v) is 10.7. The lowest BCUT2D eigenvalue weighted by molar-refractivity contribution is -0.124. The zero-order chi connectivity index (χ0) is 22.0. The van der Waals surface area contributed by atoms with Crippen LogP contribution in [-0.2, 0) is 9.53 Å². The molecule has 0 radical (unpaired) electrons. The van der Waals surface area contributed by atoms with Crippen molar-refractivity contribution in [3.8, 4) is 0 Å². The summed E-state index contributed by atoms with van der Waals surface area (Å²) < 4.78 is 5.08. The van der Waals surface area contributed by atoms with Crippen LogP contribution in [0.2, 0.25) is 0 Å². The molecule has 0 aliphatic rings. The number of thiocarbonyl (C=S) groups is 1. The Morgan fingerprint density at radius 2 is 1.66 bits per heavy atom. The molecule has 0 saturated carbocycles. The normalized spacial score (nSPS) is 13.9. The number of alkyl carbamates (subject to hydrolysis) is 1. The summed E-state index contributed by atoms with van der Waals surface area (Å²) in [6, 6.07) is 7.25. The van der Waals surface area contributed by atoms with Gasteiger partial charge in [0.1, 0.15) is 11.0 Å². The minimum atomic E-state index is -0.642. The quantitative estimate of drug-likeness (QED) is 0.502. The van der Waals surface area contributed by atoms with Crippen molar-refractivity contribution in [1.82, 2.24) is 16.0 Å². The van der Waals surface area contributed by atoms with Gasteiger partial charge in [-0.05, 0) is 33.1 Å². The van der Waals surface area contributed by atoms with E-state index in [0.29, 0.717) is 18.0 Å². The Labute approximate surface area is 180 Å². The number of carbonyl (C=O) groups excluding carboxylic acids is 2. The maximum atomic E-state index is 12.7. The first-order valence-electron chi connectivity index (χ1n) is 10.3. The van der Waals surface area contributed by atoms with Crippen LogP contribution in [0.4, 0.5) is 4.79 Å². The van der Waals surface area contributed by atoms with E-state index >= 15 is 0 Å². The van der Waals surface area contributed by atoms with Crippen LogP contribution in [0.15, 0.2) is 24.3 Å². The molecule has 0 bridgehead atoms. The number of benzene rings is 1. The summed E-state index contributed by atoms with van der Waals surface area (Å²) >= 11 is 5.49. The zero-order valence-corrected chi connectivity index (χ0v) is 19.2. The molecule has 3 atom stereocenters. The smallest absolute Gasteiger partial charge is 0.408 e. The molecule has 0 unspecified atom stereocenters. The lowest BCUT2D eigenvalue weighted by Crippen LogP contribution is -2.54. The van der Waals surface area contributed by atoms with Crippen molar-refractivity contribution in [3.63, 3.8) is 0 Å². The number of amides is 2. The second-order valence-corrected chi connectivity index (χ2v) is 8.04. The van der Waals surface area contributed by atoms with Gasteiger partial charge in [-0.25, -0.2) is 4.79 Å². The van der Waals surface area contributed by atoms with Crippen LogP contribution < -0.4 is 16.0 Å². The number of aryl methyl sites for hydroxylation is 1. The highest BCUT2D eigenvalue weighted by Gasteiger charge is 2.25. The number of carbonyl (C=O) groups is 2. The molecule has 3 N–H and O–H groups in total. The molecular weight excluding hydrogens is 386 g/mol. The fraction of sp³-hybridized carbons (Fsp3) is 0.591. The number of ether oxygens (including phenoxy) is 1. The zero-order valence-electron chi connectivity index (χ0n) is 18.4. The molecule has 0 spiro atoms. The van der Waals surface area contributed by atoms with E-state index < -0.39 is 12.1 Å². The van der Waals surface area contributed by atoms with Crippen LogP contribution in [0.25, 0.3) is 0 Å². The molecule has 0 fully saturated rings. The van der Waals surface area contributed by atoms with Gasteiger partial charge in [-0.1, -0.05) is 69.2 Å². The molecule has 29 heavy (non-hydrogen) atoms. The van der Waals surface area contributed by atoms with E-state index in [4.69, 9.17) is 17.0 Å². The van der Waals surface area contributed by atoms with Gasteiger partial charge in [-0.15, -0.1) is 0 Å². The van der Waals surface area contributed by atoms with Crippen molar-refractivity contribution in [2.24, 2.45) is 5.92 Å². The highest BCUT2D eigenvalue weighted by atomic mass is 32.1. The average molecular weight is 422 g/mol. The third kappa shape index (κ3) is 8.81. The molecule has 2 amide bonds. The molecule has 1 rings (SSSR count). The first-order chi connectivity index (χ1) is 13.7. The Balaban J connectivity index is 2.71. The first kappa shape index (κ1) is 24.9. The summed E-state index contributed by atoms with van der Waals surface area (Å²) in [6.07, 6.45) is 0.557. The molecule has 0 saturated heterocycles. The van der Waals surface area contributed by atoms with Crippen molar-refractivity contribution in [2.75, 3.05) is 6.54 Å². The Morgan fingerprint density at radius 1 is 1.03 bits per heavy atom. The summed E-state index contributed by atoms with van der Waals surface area (Å²) in [5, 5.41) is 8.97. The van der Waals surface area contributed by atoms with Crippen LogP contribution >= 0.6 is 12.2 Å². The average Bonchev–Trinajstić information content (AvgIpc) is 2.68. The van der Waals surface area contributed by atoms with Crippen molar-refractivity contribution in [1.29, 1.82) is 0 Å². The predicted molar refractivity (Wildman–Crippen MR) is 121 cm³/mol. The van der Waals surface area contributed by atoms with Crippen molar-refractivity contribution >= 4 is 29.2 Å². The summed E-state index contributed by atoms with van der Waals surface area (Å²) in [5.41, 5.74) is 2.12. The summed E-state index contributed by atoms with van der Waals surface area (Å²) in [6.45, 7) is 12.1. The second kappa shape index (κ2) is 12.4. The van der Waals surface area contributed by atoms with Gasteiger partial charge in [0, 0.05) is 18.2 Å². The maximum Gasteiger partial charge on any atom is 0.408 e. The van der Waals surface area contributed by atoms with Crippen molar-refractivity contribution < 1.29 is 14.3 Å². The van der Waals surface area contributed by atoms with E-state index in [2.05, 4.69) is 29.8 Å². The van der Waals surface area contributed by atoms with Crippen LogP contribution in [0.5, 0.6) is 0 Å². The van der Waals surface area contributed by atoms with E-state index in [9.17, 15) is 9.59 Å².